The molecule has 0 unspecified atom stereocenters. The monoisotopic (exact) mass is 274 g/mol. The molecule has 4 heteroatoms. The molecule has 102 valence electrons. The Balaban J connectivity index is 1.78. The zero-order valence-electron chi connectivity index (χ0n) is 11.4. The number of rotatable bonds is 4. The molecule has 3 aromatic rings. The smallest absolute Gasteiger partial charge is 0.176 e. The summed E-state index contributed by atoms with van der Waals surface area (Å²) in [7, 11) is 0. The van der Waals surface area contributed by atoms with Crippen molar-refractivity contribution < 1.29 is 0 Å². The maximum Gasteiger partial charge on any atom is 0.176 e. The van der Waals surface area contributed by atoms with Gasteiger partial charge < -0.3 is 0 Å². The molecule has 0 atom stereocenters. The second-order valence-electron chi connectivity index (χ2n) is 4.54. The summed E-state index contributed by atoms with van der Waals surface area (Å²) in [5, 5.41) is 14.2. The van der Waals surface area contributed by atoms with Crippen LogP contribution in [0, 0.1) is 0 Å². The molecule has 0 spiro atoms. The highest BCUT2D eigenvalue weighted by Gasteiger charge is 2.01. The van der Waals surface area contributed by atoms with Crippen LogP contribution in [0.25, 0.3) is 16.3 Å². The highest BCUT2D eigenvalue weighted by atomic mass is 15.3. The molecule has 21 heavy (non-hydrogen) atoms. The summed E-state index contributed by atoms with van der Waals surface area (Å²) < 4.78 is 0. The van der Waals surface area contributed by atoms with Gasteiger partial charge >= 0.3 is 0 Å². The van der Waals surface area contributed by atoms with Crippen LogP contribution in [0.15, 0.2) is 72.5 Å². The molecule has 4 nitrogen and oxygen atoms in total. The van der Waals surface area contributed by atoms with Crippen LogP contribution in [0.2, 0.25) is 0 Å². The summed E-state index contributed by atoms with van der Waals surface area (Å²) in [4.78, 5) is 0. The number of nitrogens with zero attached hydrogens (tertiary/aromatic N) is 3. The Kier molecular flexibility index (Phi) is 3.69. The van der Waals surface area contributed by atoms with E-state index in [4.69, 9.17) is 0 Å². The molecule has 0 bridgehead atoms. The molecule has 3 rings (SSSR count). The molecule has 1 aromatic heterocycles. The summed E-state index contributed by atoms with van der Waals surface area (Å²) in [6.07, 6.45) is 3.41. The number of benzene rings is 2. The first-order valence-corrected chi connectivity index (χ1v) is 6.58. The van der Waals surface area contributed by atoms with Gasteiger partial charge in [0.25, 0.3) is 0 Å². The first kappa shape index (κ1) is 13.0. The number of fused-ring (bicyclic) bond motifs is 1. The maximum absolute atomic E-state index is 4.19. The quantitative estimate of drug-likeness (QED) is 0.582. The minimum Gasteiger partial charge on any atom is -0.259 e. The van der Waals surface area contributed by atoms with Crippen LogP contribution in [-0.2, 0) is 0 Å². The lowest BCUT2D eigenvalue weighted by molar-refractivity contribution is 1.04. The van der Waals surface area contributed by atoms with E-state index in [1.165, 1.54) is 0 Å². The summed E-state index contributed by atoms with van der Waals surface area (Å²) in [6, 6.07) is 17.8. The van der Waals surface area contributed by atoms with Crippen molar-refractivity contribution in [1.82, 2.24) is 10.2 Å². The molecule has 1 heterocycles. The zero-order valence-corrected chi connectivity index (χ0v) is 11.4. The van der Waals surface area contributed by atoms with Gasteiger partial charge in [0.05, 0.1) is 12.4 Å². The normalized spacial score (nSPS) is 10.9. The third kappa shape index (κ3) is 2.95. The molecule has 1 N–H and O–H groups in total. The number of nitrogens with one attached hydrogen (secondary N) is 1. The fourth-order valence-corrected chi connectivity index (χ4v) is 2.01. The lowest BCUT2D eigenvalue weighted by Gasteiger charge is -2.03. The molecule has 0 saturated heterocycles. The Hall–Kier alpha value is -3.01. The SMILES string of the molecule is C=C(C=NNc1nncc2ccccc12)c1ccccc1. The van der Waals surface area contributed by atoms with Crippen LogP contribution < -0.4 is 5.43 Å². The average molecular weight is 274 g/mol. The molecule has 0 aliphatic rings. The average Bonchev–Trinajstić information content (AvgIpc) is 2.56. The van der Waals surface area contributed by atoms with Crippen molar-refractivity contribution in [2.75, 3.05) is 5.43 Å². The molecule has 0 aliphatic heterocycles. The Labute approximate surface area is 122 Å². The van der Waals surface area contributed by atoms with Crippen LogP contribution in [0.5, 0.6) is 0 Å². The van der Waals surface area contributed by atoms with E-state index in [1.54, 1.807) is 12.4 Å². The highest BCUT2D eigenvalue weighted by molar-refractivity contribution is 6.09. The van der Waals surface area contributed by atoms with E-state index in [-0.39, 0.29) is 0 Å². The second-order valence-corrected chi connectivity index (χ2v) is 4.54. The standard InChI is InChI=1S/C17H14N4/c1-13(14-7-3-2-4-8-14)11-18-20-17-16-10-6-5-9-15(16)12-19-21-17/h2-12H,1H2,(H,20,21). The van der Waals surface area contributed by atoms with Crippen molar-refractivity contribution in [2.45, 2.75) is 0 Å². The predicted octanol–water partition coefficient (Wildman–Crippen LogP) is 3.74. The van der Waals surface area contributed by atoms with Gasteiger partial charge in [-0.2, -0.15) is 10.2 Å². The maximum atomic E-state index is 4.19. The summed E-state index contributed by atoms with van der Waals surface area (Å²) >= 11 is 0. The lowest BCUT2D eigenvalue weighted by atomic mass is 10.1. The van der Waals surface area contributed by atoms with Crippen molar-refractivity contribution in [3.8, 4) is 0 Å². The number of hydrazone groups is 1. The number of allylic oxidation sites excluding steroid dienone is 1. The number of hydrogen-bond acceptors (Lipinski definition) is 4. The van der Waals surface area contributed by atoms with E-state index in [0.29, 0.717) is 5.82 Å². The Morgan fingerprint density at radius 3 is 2.67 bits per heavy atom. The lowest BCUT2D eigenvalue weighted by Crippen LogP contribution is -1.96. The molecule has 2 aromatic carbocycles. The largest absolute Gasteiger partial charge is 0.259 e. The number of aromatic nitrogens is 2. The van der Waals surface area contributed by atoms with Gasteiger partial charge in [0.2, 0.25) is 0 Å². The van der Waals surface area contributed by atoms with E-state index in [0.717, 1.165) is 21.9 Å². The van der Waals surface area contributed by atoms with E-state index in [9.17, 15) is 0 Å². The Morgan fingerprint density at radius 2 is 1.81 bits per heavy atom. The van der Waals surface area contributed by atoms with Crippen molar-refractivity contribution in [3.63, 3.8) is 0 Å². The van der Waals surface area contributed by atoms with Crippen molar-refractivity contribution in [3.05, 3.63) is 72.9 Å². The van der Waals surface area contributed by atoms with Gasteiger partial charge in [-0.15, -0.1) is 5.10 Å². The number of anilines is 1. The fourth-order valence-electron chi connectivity index (χ4n) is 2.01. The molecule has 0 aliphatic carbocycles. The highest BCUT2D eigenvalue weighted by Crippen LogP contribution is 2.19. The summed E-state index contributed by atoms with van der Waals surface area (Å²) in [6.45, 7) is 3.99. The van der Waals surface area contributed by atoms with E-state index in [2.05, 4.69) is 27.3 Å². The van der Waals surface area contributed by atoms with Crippen LogP contribution in [0.4, 0.5) is 5.82 Å². The molecular weight excluding hydrogens is 260 g/mol. The Morgan fingerprint density at radius 1 is 1.05 bits per heavy atom. The van der Waals surface area contributed by atoms with Crippen LogP contribution in [0.1, 0.15) is 5.56 Å². The topological polar surface area (TPSA) is 50.2 Å². The Bertz CT molecular complexity index is 789. The van der Waals surface area contributed by atoms with Crippen molar-refractivity contribution in [1.29, 1.82) is 0 Å². The van der Waals surface area contributed by atoms with E-state index in [1.807, 2.05) is 54.6 Å². The predicted molar refractivity (Wildman–Crippen MR) is 87.1 cm³/mol. The molecule has 0 amide bonds. The minimum absolute atomic E-state index is 0.630. The molecular formula is C17H14N4. The van der Waals surface area contributed by atoms with Crippen LogP contribution in [0.3, 0.4) is 0 Å². The fraction of sp³-hybridized carbons (Fsp3) is 0. The van der Waals surface area contributed by atoms with Gasteiger partial charge in [0, 0.05) is 10.8 Å². The zero-order chi connectivity index (χ0) is 14.5. The molecule has 0 fully saturated rings. The van der Waals surface area contributed by atoms with E-state index < -0.39 is 0 Å². The molecule has 0 radical (unpaired) electrons. The van der Waals surface area contributed by atoms with Gasteiger partial charge in [0.1, 0.15) is 0 Å². The second kappa shape index (κ2) is 5.96. The first-order valence-electron chi connectivity index (χ1n) is 6.58. The van der Waals surface area contributed by atoms with Crippen LogP contribution >= 0.6 is 0 Å². The van der Waals surface area contributed by atoms with Gasteiger partial charge in [-0.25, -0.2) is 0 Å². The summed E-state index contributed by atoms with van der Waals surface area (Å²) in [5.74, 6) is 0.630. The van der Waals surface area contributed by atoms with Crippen LogP contribution in [-0.4, -0.2) is 16.4 Å². The van der Waals surface area contributed by atoms with E-state index >= 15 is 0 Å². The van der Waals surface area contributed by atoms with Gasteiger partial charge in [-0.05, 0) is 11.1 Å². The van der Waals surface area contributed by atoms with Gasteiger partial charge in [-0.1, -0.05) is 61.2 Å². The number of hydrogen-bond donors (Lipinski definition) is 1. The minimum atomic E-state index is 0.630. The third-order valence-corrected chi connectivity index (χ3v) is 3.11. The van der Waals surface area contributed by atoms with Gasteiger partial charge in [0.15, 0.2) is 5.82 Å². The third-order valence-electron chi connectivity index (χ3n) is 3.11. The molecule has 0 saturated carbocycles. The van der Waals surface area contributed by atoms with Crippen molar-refractivity contribution >= 4 is 28.4 Å². The first-order chi connectivity index (χ1) is 10.3. The summed E-state index contributed by atoms with van der Waals surface area (Å²) in [5.41, 5.74) is 4.79. The van der Waals surface area contributed by atoms with Gasteiger partial charge in [-0.3, -0.25) is 5.43 Å². The van der Waals surface area contributed by atoms with Crippen molar-refractivity contribution in [2.24, 2.45) is 5.10 Å².